The predicted molar refractivity (Wildman–Crippen MR) is 92.8 cm³/mol. The molecule has 0 aliphatic heterocycles. The second-order valence-electron chi connectivity index (χ2n) is 6.05. The number of hydrogen-bond donors (Lipinski definition) is 1. The molecular formula is C18H30N2O3. The molecule has 1 aromatic rings. The Kier molecular flexibility index (Phi) is 8.06. The van der Waals surface area contributed by atoms with E-state index in [1.54, 1.807) is 4.90 Å². The van der Waals surface area contributed by atoms with Crippen LogP contribution in [-0.2, 0) is 4.79 Å². The molecule has 1 rings (SSSR count). The Morgan fingerprint density at radius 2 is 1.74 bits per heavy atom. The summed E-state index contributed by atoms with van der Waals surface area (Å²) in [5.74, 6) is 0.850. The number of aryl methyl sites for hydroxylation is 2. The van der Waals surface area contributed by atoms with Crippen LogP contribution in [0.2, 0.25) is 0 Å². The monoisotopic (exact) mass is 322 g/mol. The molecule has 0 aliphatic carbocycles. The van der Waals surface area contributed by atoms with E-state index in [-0.39, 0.29) is 12.5 Å². The van der Waals surface area contributed by atoms with Crippen LogP contribution < -0.4 is 4.74 Å². The fourth-order valence-corrected chi connectivity index (χ4v) is 2.59. The molecule has 1 unspecified atom stereocenters. The normalized spacial score (nSPS) is 12.3. The average molecular weight is 322 g/mol. The highest BCUT2D eigenvalue weighted by atomic mass is 16.5. The molecule has 0 radical (unpaired) electrons. The third-order valence-corrected chi connectivity index (χ3v) is 3.68. The zero-order valence-electron chi connectivity index (χ0n) is 15.0. The van der Waals surface area contributed by atoms with Gasteiger partial charge in [-0.05, 0) is 58.0 Å². The van der Waals surface area contributed by atoms with E-state index in [1.807, 2.05) is 51.8 Å². The fourth-order valence-electron chi connectivity index (χ4n) is 2.59. The third kappa shape index (κ3) is 7.01. The van der Waals surface area contributed by atoms with Gasteiger partial charge in [0.15, 0.2) is 0 Å². The van der Waals surface area contributed by atoms with E-state index >= 15 is 0 Å². The van der Waals surface area contributed by atoms with Gasteiger partial charge in [0, 0.05) is 19.6 Å². The molecule has 0 aliphatic rings. The van der Waals surface area contributed by atoms with Crippen molar-refractivity contribution in [2.45, 2.75) is 33.8 Å². The Hall–Kier alpha value is -1.59. The second-order valence-corrected chi connectivity index (χ2v) is 6.05. The van der Waals surface area contributed by atoms with Crippen molar-refractivity contribution in [2.24, 2.45) is 0 Å². The van der Waals surface area contributed by atoms with E-state index in [2.05, 4.69) is 6.07 Å². The van der Waals surface area contributed by atoms with E-state index < -0.39 is 6.10 Å². The number of carbonyl (C=O) groups excluding carboxylic acids is 1. The van der Waals surface area contributed by atoms with Crippen molar-refractivity contribution in [3.05, 3.63) is 29.3 Å². The van der Waals surface area contributed by atoms with Gasteiger partial charge in [-0.1, -0.05) is 6.07 Å². The molecule has 0 saturated heterocycles. The lowest BCUT2D eigenvalue weighted by Crippen LogP contribution is -2.42. The van der Waals surface area contributed by atoms with E-state index in [0.29, 0.717) is 26.2 Å². The molecule has 5 nitrogen and oxygen atoms in total. The molecule has 0 saturated carbocycles. The van der Waals surface area contributed by atoms with Crippen LogP contribution in [0.5, 0.6) is 5.75 Å². The number of carbonyl (C=O) groups is 1. The first kappa shape index (κ1) is 19.5. The third-order valence-electron chi connectivity index (χ3n) is 3.68. The maximum atomic E-state index is 12.0. The molecule has 5 heteroatoms. The minimum Gasteiger partial charge on any atom is -0.491 e. The van der Waals surface area contributed by atoms with Gasteiger partial charge in [0.25, 0.3) is 0 Å². The van der Waals surface area contributed by atoms with Gasteiger partial charge in [0.05, 0.1) is 6.54 Å². The summed E-state index contributed by atoms with van der Waals surface area (Å²) in [6.07, 6.45) is -0.634. The summed E-state index contributed by atoms with van der Waals surface area (Å²) in [6.45, 7) is 10.3. The van der Waals surface area contributed by atoms with Gasteiger partial charge in [-0.3, -0.25) is 9.69 Å². The quantitative estimate of drug-likeness (QED) is 0.754. The Bertz CT molecular complexity index is 481. The first-order valence-corrected chi connectivity index (χ1v) is 8.21. The van der Waals surface area contributed by atoms with Gasteiger partial charge in [0.2, 0.25) is 5.91 Å². The van der Waals surface area contributed by atoms with Gasteiger partial charge in [-0.2, -0.15) is 0 Å². The number of ether oxygens (including phenoxy) is 1. The Balaban J connectivity index is 2.40. The summed E-state index contributed by atoms with van der Waals surface area (Å²) in [5, 5.41) is 10.1. The molecule has 0 heterocycles. The minimum absolute atomic E-state index is 0.0833. The van der Waals surface area contributed by atoms with Crippen LogP contribution in [0, 0.1) is 13.8 Å². The molecule has 1 aromatic carbocycles. The lowest BCUT2D eigenvalue weighted by atomic mass is 10.1. The highest BCUT2D eigenvalue weighted by molar-refractivity contribution is 5.78. The highest BCUT2D eigenvalue weighted by Gasteiger charge is 2.15. The zero-order chi connectivity index (χ0) is 17.4. The minimum atomic E-state index is -0.634. The topological polar surface area (TPSA) is 53.0 Å². The molecule has 1 N–H and O–H groups in total. The first-order chi connectivity index (χ1) is 10.8. The molecule has 0 aromatic heterocycles. The lowest BCUT2D eigenvalue weighted by molar-refractivity contribution is -0.132. The largest absolute Gasteiger partial charge is 0.491 e. The second kappa shape index (κ2) is 9.53. The number of likely N-dealkylation sites (N-methyl/N-ethyl adjacent to an activating group) is 2. The van der Waals surface area contributed by atoms with Crippen molar-refractivity contribution >= 4 is 5.91 Å². The van der Waals surface area contributed by atoms with Crippen LogP contribution >= 0.6 is 0 Å². The zero-order valence-corrected chi connectivity index (χ0v) is 15.0. The number of aliphatic hydroxyl groups is 1. The van der Waals surface area contributed by atoms with Gasteiger partial charge < -0.3 is 14.7 Å². The van der Waals surface area contributed by atoms with Gasteiger partial charge in [0.1, 0.15) is 18.5 Å². The summed E-state index contributed by atoms with van der Waals surface area (Å²) in [5.41, 5.74) is 2.27. The lowest BCUT2D eigenvalue weighted by Gasteiger charge is -2.24. The molecule has 1 amide bonds. The van der Waals surface area contributed by atoms with Crippen LogP contribution in [0.4, 0.5) is 0 Å². The predicted octanol–water partition coefficient (Wildman–Crippen LogP) is 1.84. The van der Waals surface area contributed by atoms with Gasteiger partial charge in [-0.25, -0.2) is 0 Å². The van der Waals surface area contributed by atoms with Crippen LogP contribution in [-0.4, -0.2) is 66.8 Å². The van der Waals surface area contributed by atoms with Crippen LogP contribution in [0.15, 0.2) is 18.2 Å². The molecular weight excluding hydrogens is 292 g/mol. The number of aliphatic hydroxyl groups excluding tert-OH is 1. The number of rotatable bonds is 9. The van der Waals surface area contributed by atoms with Gasteiger partial charge >= 0.3 is 0 Å². The Labute approximate surface area is 139 Å². The van der Waals surface area contributed by atoms with Gasteiger partial charge in [-0.15, -0.1) is 0 Å². The maximum absolute atomic E-state index is 12.0. The molecule has 0 bridgehead atoms. The SMILES string of the molecule is CCN(CC)C(=O)CN(C)CC(O)COc1cc(C)cc(C)c1. The number of amides is 1. The van der Waals surface area contributed by atoms with Crippen molar-refractivity contribution in [3.63, 3.8) is 0 Å². The van der Waals surface area contributed by atoms with E-state index in [1.165, 1.54) is 0 Å². The number of hydrogen-bond acceptors (Lipinski definition) is 4. The van der Waals surface area contributed by atoms with E-state index in [0.717, 1.165) is 16.9 Å². The Morgan fingerprint density at radius 3 is 2.26 bits per heavy atom. The first-order valence-electron chi connectivity index (χ1n) is 8.21. The maximum Gasteiger partial charge on any atom is 0.236 e. The smallest absolute Gasteiger partial charge is 0.236 e. The number of nitrogens with zero attached hydrogens (tertiary/aromatic N) is 2. The van der Waals surface area contributed by atoms with Crippen LogP contribution in [0.1, 0.15) is 25.0 Å². The van der Waals surface area contributed by atoms with Crippen molar-refractivity contribution < 1.29 is 14.6 Å². The molecule has 0 fully saturated rings. The van der Waals surface area contributed by atoms with Crippen molar-refractivity contribution in [3.8, 4) is 5.75 Å². The summed E-state index contributed by atoms with van der Waals surface area (Å²) >= 11 is 0. The summed E-state index contributed by atoms with van der Waals surface area (Å²) in [4.78, 5) is 15.6. The summed E-state index contributed by atoms with van der Waals surface area (Å²) < 4.78 is 5.65. The van der Waals surface area contributed by atoms with E-state index in [4.69, 9.17) is 4.74 Å². The molecule has 1 atom stereocenters. The highest BCUT2D eigenvalue weighted by Crippen LogP contribution is 2.16. The molecule has 23 heavy (non-hydrogen) atoms. The average Bonchev–Trinajstić information content (AvgIpc) is 2.45. The molecule has 0 spiro atoms. The Morgan fingerprint density at radius 1 is 1.17 bits per heavy atom. The summed E-state index contributed by atoms with van der Waals surface area (Å²) in [6, 6.07) is 5.98. The van der Waals surface area contributed by atoms with Crippen LogP contribution in [0.3, 0.4) is 0 Å². The fraction of sp³-hybridized carbons (Fsp3) is 0.611. The molecule has 130 valence electrons. The van der Waals surface area contributed by atoms with Crippen molar-refractivity contribution in [1.29, 1.82) is 0 Å². The number of benzene rings is 1. The standard InChI is InChI=1S/C18H30N2O3/c1-6-20(7-2)18(22)12-19(5)11-16(21)13-23-17-9-14(3)8-15(4)10-17/h8-10,16,21H,6-7,11-13H2,1-5H3. The van der Waals surface area contributed by atoms with E-state index in [9.17, 15) is 9.90 Å². The van der Waals surface area contributed by atoms with Crippen molar-refractivity contribution in [1.82, 2.24) is 9.80 Å². The summed E-state index contributed by atoms with van der Waals surface area (Å²) in [7, 11) is 1.83. The van der Waals surface area contributed by atoms with Crippen LogP contribution in [0.25, 0.3) is 0 Å². The van der Waals surface area contributed by atoms with Crippen molar-refractivity contribution in [2.75, 3.05) is 39.8 Å².